The van der Waals surface area contributed by atoms with Crippen LogP contribution in [0, 0.1) is 5.82 Å². The molecule has 4 rings (SSSR count). The maximum absolute atomic E-state index is 13.5. The summed E-state index contributed by atoms with van der Waals surface area (Å²) in [6.07, 6.45) is 0. The molecule has 0 aliphatic carbocycles. The summed E-state index contributed by atoms with van der Waals surface area (Å²) in [5.74, 6) is -0.460. The minimum absolute atomic E-state index is 0.130. The van der Waals surface area contributed by atoms with Crippen LogP contribution in [0.5, 0.6) is 0 Å². The van der Waals surface area contributed by atoms with Crippen molar-refractivity contribution >= 4 is 57.4 Å². The van der Waals surface area contributed by atoms with E-state index in [4.69, 9.17) is 46.4 Å². The molecule has 2 aromatic carbocycles. The third-order valence-corrected chi connectivity index (χ3v) is 5.33. The highest BCUT2D eigenvalue weighted by atomic mass is 35.5. The van der Waals surface area contributed by atoms with Gasteiger partial charge in [0.15, 0.2) is 0 Å². The van der Waals surface area contributed by atoms with E-state index in [0.29, 0.717) is 22.2 Å². The highest BCUT2D eigenvalue weighted by molar-refractivity contribution is 6.38. The number of benzene rings is 2. The molecule has 0 saturated heterocycles. The normalized spacial score (nSPS) is 11.2. The second-order valence-electron chi connectivity index (χ2n) is 5.93. The van der Waals surface area contributed by atoms with Crippen LogP contribution in [0.2, 0.25) is 20.2 Å². The van der Waals surface area contributed by atoms with Crippen LogP contribution < -0.4 is 5.56 Å². The summed E-state index contributed by atoms with van der Waals surface area (Å²) < 4.78 is 14.8. The molecule has 0 fully saturated rings. The molecule has 2 aromatic heterocycles. The zero-order valence-corrected chi connectivity index (χ0v) is 16.9. The predicted molar refractivity (Wildman–Crippen MR) is 113 cm³/mol. The number of pyridine rings is 2. The van der Waals surface area contributed by atoms with E-state index in [-0.39, 0.29) is 31.4 Å². The fourth-order valence-electron chi connectivity index (χ4n) is 3.03. The molecular weight excluding hydrogens is 445 g/mol. The molecule has 0 bridgehead atoms. The van der Waals surface area contributed by atoms with Crippen LogP contribution in [0.15, 0.2) is 59.4 Å². The lowest BCUT2D eigenvalue weighted by Gasteiger charge is -2.15. The molecule has 0 atom stereocenters. The summed E-state index contributed by atoms with van der Waals surface area (Å²) in [6.45, 7) is 0. The van der Waals surface area contributed by atoms with Gasteiger partial charge >= 0.3 is 0 Å². The molecule has 0 spiro atoms. The number of fused-ring (bicyclic) bond motifs is 1. The second kappa shape index (κ2) is 7.37. The summed E-state index contributed by atoms with van der Waals surface area (Å²) in [7, 11) is 0. The SMILES string of the molecule is O=c1ccc2c(-c3ccc(F)cc3Cl)cc(Cl)nc2n1-c1c(Cl)cccc1Cl. The zero-order valence-electron chi connectivity index (χ0n) is 13.9. The van der Waals surface area contributed by atoms with Crippen molar-refractivity contribution in [1.82, 2.24) is 9.55 Å². The van der Waals surface area contributed by atoms with Crippen molar-refractivity contribution in [3.05, 3.63) is 91.0 Å². The number of rotatable bonds is 2. The second-order valence-corrected chi connectivity index (χ2v) is 7.54. The van der Waals surface area contributed by atoms with Crippen molar-refractivity contribution in [3.63, 3.8) is 0 Å². The van der Waals surface area contributed by atoms with Crippen LogP contribution in [-0.4, -0.2) is 9.55 Å². The van der Waals surface area contributed by atoms with E-state index in [2.05, 4.69) is 4.98 Å². The Morgan fingerprint density at radius 1 is 0.821 bits per heavy atom. The number of aromatic nitrogens is 2. The van der Waals surface area contributed by atoms with Crippen molar-refractivity contribution in [1.29, 1.82) is 0 Å². The van der Waals surface area contributed by atoms with E-state index >= 15 is 0 Å². The van der Waals surface area contributed by atoms with Gasteiger partial charge in [0.05, 0.1) is 20.8 Å². The molecule has 2 heterocycles. The van der Waals surface area contributed by atoms with Crippen molar-refractivity contribution in [2.24, 2.45) is 0 Å². The zero-order chi connectivity index (χ0) is 20.0. The quantitative estimate of drug-likeness (QED) is 0.312. The molecule has 3 nitrogen and oxygen atoms in total. The lowest BCUT2D eigenvalue weighted by molar-refractivity contribution is 0.628. The molecule has 0 aliphatic heterocycles. The van der Waals surface area contributed by atoms with Gasteiger partial charge in [-0.05, 0) is 48.0 Å². The van der Waals surface area contributed by atoms with E-state index in [1.807, 2.05) is 0 Å². The topological polar surface area (TPSA) is 34.9 Å². The summed E-state index contributed by atoms with van der Waals surface area (Å²) in [5, 5.41) is 1.48. The molecule has 4 aromatic rings. The minimum Gasteiger partial charge on any atom is -0.269 e. The lowest BCUT2D eigenvalue weighted by atomic mass is 10.0. The number of hydrogen-bond acceptors (Lipinski definition) is 2. The van der Waals surface area contributed by atoms with Crippen molar-refractivity contribution in [2.75, 3.05) is 0 Å². The Balaban J connectivity index is 2.14. The fraction of sp³-hybridized carbons (Fsp3) is 0. The molecule has 28 heavy (non-hydrogen) atoms. The van der Waals surface area contributed by atoms with Crippen LogP contribution in [0.4, 0.5) is 4.39 Å². The Labute approximate surface area is 178 Å². The van der Waals surface area contributed by atoms with Crippen LogP contribution in [0.25, 0.3) is 27.8 Å². The van der Waals surface area contributed by atoms with Gasteiger partial charge in [-0.3, -0.25) is 9.36 Å². The molecule has 0 amide bonds. The monoisotopic (exact) mass is 452 g/mol. The Hall–Kier alpha value is -2.11. The molecular formula is C20H9Cl4FN2O. The van der Waals surface area contributed by atoms with Crippen LogP contribution >= 0.6 is 46.4 Å². The van der Waals surface area contributed by atoms with Gasteiger partial charge in [0.2, 0.25) is 0 Å². The highest BCUT2D eigenvalue weighted by Crippen LogP contribution is 2.36. The van der Waals surface area contributed by atoms with E-state index in [9.17, 15) is 9.18 Å². The molecule has 140 valence electrons. The van der Waals surface area contributed by atoms with Crippen LogP contribution in [0.3, 0.4) is 0 Å². The summed E-state index contributed by atoms with van der Waals surface area (Å²) in [4.78, 5) is 17.0. The molecule has 0 aliphatic rings. The maximum atomic E-state index is 13.5. The van der Waals surface area contributed by atoms with Gasteiger partial charge < -0.3 is 0 Å². The molecule has 0 saturated carbocycles. The number of para-hydroxylation sites is 1. The smallest absolute Gasteiger partial charge is 0.256 e. The van der Waals surface area contributed by atoms with E-state index in [0.717, 1.165) is 0 Å². The maximum Gasteiger partial charge on any atom is 0.256 e. The van der Waals surface area contributed by atoms with E-state index in [1.165, 1.54) is 22.8 Å². The van der Waals surface area contributed by atoms with Gasteiger partial charge in [-0.1, -0.05) is 52.5 Å². The standard InChI is InChI=1S/C20H9Cl4FN2O/c21-14-2-1-3-15(22)19(14)27-18(28)7-6-12-13(9-17(24)26-20(12)27)11-5-4-10(25)8-16(11)23/h1-9H. The molecule has 0 unspecified atom stereocenters. The molecule has 0 N–H and O–H groups in total. The van der Waals surface area contributed by atoms with Crippen molar-refractivity contribution < 1.29 is 4.39 Å². The first kappa shape index (κ1) is 19.2. The third kappa shape index (κ3) is 3.27. The van der Waals surface area contributed by atoms with Gasteiger partial charge in [-0.25, -0.2) is 9.37 Å². The fourth-order valence-corrected chi connectivity index (χ4v) is 4.05. The Morgan fingerprint density at radius 3 is 2.21 bits per heavy atom. The van der Waals surface area contributed by atoms with Crippen LogP contribution in [0.1, 0.15) is 0 Å². The number of hydrogen-bond donors (Lipinski definition) is 0. The van der Waals surface area contributed by atoms with E-state index in [1.54, 1.807) is 36.4 Å². The first-order chi connectivity index (χ1) is 13.4. The van der Waals surface area contributed by atoms with Gasteiger partial charge in [-0.15, -0.1) is 0 Å². The molecule has 8 heteroatoms. The lowest BCUT2D eigenvalue weighted by Crippen LogP contribution is -2.19. The van der Waals surface area contributed by atoms with Crippen molar-refractivity contribution in [3.8, 4) is 16.8 Å². The summed E-state index contributed by atoms with van der Waals surface area (Å²) in [5.41, 5.74) is 1.32. The van der Waals surface area contributed by atoms with E-state index < -0.39 is 5.82 Å². The largest absolute Gasteiger partial charge is 0.269 e. The Morgan fingerprint density at radius 2 is 1.54 bits per heavy atom. The average molecular weight is 454 g/mol. The first-order valence-corrected chi connectivity index (χ1v) is 9.50. The number of halogens is 5. The average Bonchev–Trinajstić information content (AvgIpc) is 2.62. The Bertz CT molecular complexity index is 1280. The van der Waals surface area contributed by atoms with Gasteiger partial charge in [-0.2, -0.15) is 0 Å². The minimum atomic E-state index is -0.460. The predicted octanol–water partition coefficient (Wildman–Crippen LogP) is 6.81. The molecule has 0 radical (unpaired) electrons. The van der Waals surface area contributed by atoms with Crippen molar-refractivity contribution in [2.45, 2.75) is 0 Å². The van der Waals surface area contributed by atoms with Gasteiger partial charge in [0, 0.05) is 17.0 Å². The van der Waals surface area contributed by atoms with Gasteiger partial charge in [0.1, 0.15) is 16.6 Å². The first-order valence-electron chi connectivity index (χ1n) is 7.99. The number of nitrogens with zero attached hydrogens (tertiary/aromatic N) is 2. The van der Waals surface area contributed by atoms with Gasteiger partial charge in [0.25, 0.3) is 5.56 Å². The summed E-state index contributed by atoms with van der Waals surface area (Å²) in [6, 6.07) is 13.5. The highest BCUT2D eigenvalue weighted by Gasteiger charge is 2.18. The third-order valence-electron chi connectivity index (χ3n) is 4.21. The van der Waals surface area contributed by atoms with Crippen LogP contribution in [-0.2, 0) is 0 Å². The summed E-state index contributed by atoms with van der Waals surface area (Å²) >= 11 is 25.1. The Kier molecular flexibility index (Phi) is 5.06.